The molecule has 1 saturated heterocycles. The van der Waals surface area contributed by atoms with Gasteiger partial charge in [0.2, 0.25) is 0 Å². The third-order valence-electron chi connectivity index (χ3n) is 6.18. The number of carbonyl (C=O) groups is 2. The Bertz CT molecular complexity index is 1230. The van der Waals surface area contributed by atoms with Crippen molar-refractivity contribution in [1.29, 1.82) is 0 Å². The van der Waals surface area contributed by atoms with Crippen molar-refractivity contribution in [3.8, 4) is 0 Å². The van der Waals surface area contributed by atoms with Crippen LogP contribution in [0.4, 0.5) is 5.82 Å². The molecular weight excluding hydrogens is 435 g/mol. The molecule has 158 valence electrons. The Balaban J connectivity index is 1.69. The minimum Gasteiger partial charge on any atom is -0.340 e. The normalized spacial score (nSPS) is 20.9. The largest absolute Gasteiger partial charge is 0.340 e. The number of hydrogen-bond acceptors (Lipinski definition) is 4. The van der Waals surface area contributed by atoms with E-state index in [9.17, 15) is 9.59 Å². The van der Waals surface area contributed by atoms with Crippen LogP contribution in [-0.4, -0.2) is 39.8 Å². The second-order valence-corrected chi connectivity index (χ2v) is 8.93. The highest BCUT2D eigenvalue weighted by molar-refractivity contribution is 6.31. The number of anilines is 1. The van der Waals surface area contributed by atoms with Crippen LogP contribution >= 0.6 is 23.2 Å². The van der Waals surface area contributed by atoms with Crippen LogP contribution in [0.2, 0.25) is 10.2 Å². The first-order chi connectivity index (χ1) is 14.9. The molecule has 0 aliphatic carbocycles. The quantitative estimate of drug-likeness (QED) is 0.520. The van der Waals surface area contributed by atoms with E-state index in [4.69, 9.17) is 23.2 Å². The molecule has 1 unspecified atom stereocenters. The first-order valence-corrected chi connectivity index (χ1v) is 11.0. The number of piperidine rings is 1. The van der Waals surface area contributed by atoms with Crippen molar-refractivity contribution >= 4 is 51.9 Å². The van der Waals surface area contributed by atoms with E-state index in [1.807, 2.05) is 17.0 Å². The molecule has 31 heavy (non-hydrogen) atoms. The maximum Gasteiger partial charge on any atom is 0.261 e. The minimum atomic E-state index is -1.26. The van der Waals surface area contributed by atoms with E-state index in [0.29, 0.717) is 45.9 Å². The number of pyridine rings is 2. The van der Waals surface area contributed by atoms with Crippen molar-refractivity contribution in [3.05, 3.63) is 63.8 Å². The molecule has 0 N–H and O–H groups in total. The summed E-state index contributed by atoms with van der Waals surface area (Å²) >= 11 is 12.3. The molecule has 0 radical (unpaired) electrons. The van der Waals surface area contributed by atoms with Gasteiger partial charge in [0.15, 0.2) is 11.2 Å². The van der Waals surface area contributed by atoms with E-state index < -0.39 is 5.54 Å². The Morgan fingerprint density at radius 2 is 1.74 bits per heavy atom. The first kappa shape index (κ1) is 20.2. The highest BCUT2D eigenvalue weighted by Gasteiger charge is 2.54. The van der Waals surface area contributed by atoms with Crippen molar-refractivity contribution in [2.75, 3.05) is 18.0 Å². The van der Waals surface area contributed by atoms with Crippen LogP contribution in [0.1, 0.15) is 42.1 Å². The van der Waals surface area contributed by atoms with E-state index >= 15 is 0 Å². The van der Waals surface area contributed by atoms with Crippen molar-refractivity contribution in [2.24, 2.45) is 0 Å². The van der Waals surface area contributed by atoms with Gasteiger partial charge in [0.25, 0.3) is 11.8 Å². The lowest BCUT2D eigenvalue weighted by molar-refractivity contribution is -0.137. The molecule has 2 aromatic heterocycles. The maximum atomic E-state index is 13.9. The summed E-state index contributed by atoms with van der Waals surface area (Å²) in [5.74, 6) is -0.0524. The SMILES string of the molecule is CC1(C(=O)N2CCCCC2)c2cc(Cl)ccc2C(=O)N1c1ccc2ccc(Cl)nc2n1. The van der Waals surface area contributed by atoms with Gasteiger partial charge in [0.1, 0.15) is 11.0 Å². The molecule has 2 aliphatic rings. The van der Waals surface area contributed by atoms with Crippen molar-refractivity contribution in [2.45, 2.75) is 31.7 Å². The molecule has 1 atom stereocenters. The molecule has 8 heteroatoms. The van der Waals surface area contributed by atoms with E-state index in [0.717, 1.165) is 24.6 Å². The van der Waals surface area contributed by atoms with Crippen molar-refractivity contribution in [3.63, 3.8) is 0 Å². The number of carbonyl (C=O) groups excluding carboxylic acids is 2. The van der Waals surface area contributed by atoms with Gasteiger partial charge < -0.3 is 4.90 Å². The average molecular weight is 455 g/mol. The monoisotopic (exact) mass is 454 g/mol. The molecule has 6 nitrogen and oxygen atoms in total. The number of aromatic nitrogens is 2. The van der Waals surface area contributed by atoms with Gasteiger partial charge in [-0.25, -0.2) is 9.97 Å². The number of likely N-dealkylation sites (tertiary alicyclic amines) is 1. The number of halogens is 2. The van der Waals surface area contributed by atoms with Crippen molar-refractivity contribution in [1.82, 2.24) is 14.9 Å². The highest BCUT2D eigenvalue weighted by Crippen LogP contribution is 2.44. The zero-order valence-corrected chi connectivity index (χ0v) is 18.5. The number of nitrogens with zero attached hydrogens (tertiary/aromatic N) is 4. The lowest BCUT2D eigenvalue weighted by atomic mass is 9.89. The molecular formula is C23H20Cl2N4O2. The van der Waals surface area contributed by atoms with E-state index in [1.165, 1.54) is 4.90 Å². The predicted octanol–water partition coefficient (Wildman–Crippen LogP) is 4.82. The number of fused-ring (bicyclic) bond motifs is 2. The van der Waals surface area contributed by atoms with Crippen LogP contribution in [0.15, 0.2) is 42.5 Å². The van der Waals surface area contributed by atoms with E-state index in [-0.39, 0.29) is 11.8 Å². The topological polar surface area (TPSA) is 66.4 Å². The van der Waals surface area contributed by atoms with Crippen molar-refractivity contribution < 1.29 is 9.59 Å². The zero-order valence-electron chi connectivity index (χ0n) is 16.9. The van der Waals surface area contributed by atoms with Crippen LogP contribution in [0.25, 0.3) is 11.0 Å². The number of rotatable bonds is 2. The average Bonchev–Trinajstić information content (AvgIpc) is 3.00. The first-order valence-electron chi connectivity index (χ1n) is 10.3. The molecule has 1 fully saturated rings. The molecule has 0 spiro atoms. The Labute approximate surface area is 189 Å². The third kappa shape index (κ3) is 3.17. The van der Waals surface area contributed by atoms with Gasteiger partial charge in [-0.1, -0.05) is 23.2 Å². The van der Waals surface area contributed by atoms with Crippen LogP contribution in [0, 0.1) is 0 Å². The van der Waals surface area contributed by atoms with Gasteiger partial charge in [0.05, 0.1) is 0 Å². The van der Waals surface area contributed by atoms with E-state index in [1.54, 1.807) is 37.3 Å². The van der Waals surface area contributed by atoms with Crippen LogP contribution in [0.3, 0.4) is 0 Å². The minimum absolute atomic E-state index is 0.123. The standard InChI is InChI=1S/C23H20Cl2N4O2/c1-23(22(31)28-11-3-2-4-12-28)17-13-15(24)7-8-16(17)21(30)29(23)19-10-6-14-5-9-18(25)26-20(14)27-19/h5-10,13H,2-4,11-12H2,1H3. The zero-order chi connectivity index (χ0) is 21.8. The van der Waals surface area contributed by atoms with Gasteiger partial charge >= 0.3 is 0 Å². The number of amides is 2. The summed E-state index contributed by atoms with van der Waals surface area (Å²) in [7, 11) is 0. The Kier molecular flexibility index (Phi) is 4.87. The molecule has 5 rings (SSSR count). The fourth-order valence-electron chi connectivity index (χ4n) is 4.59. The molecule has 4 heterocycles. The Morgan fingerprint density at radius 1 is 1.00 bits per heavy atom. The summed E-state index contributed by atoms with van der Waals surface area (Å²) in [4.78, 5) is 39.6. The summed E-state index contributed by atoms with van der Waals surface area (Å²) in [5, 5.41) is 1.59. The highest BCUT2D eigenvalue weighted by atomic mass is 35.5. The predicted molar refractivity (Wildman–Crippen MR) is 121 cm³/mol. The summed E-state index contributed by atoms with van der Waals surface area (Å²) < 4.78 is 0. The number of benzene rings is 1. The summed E-state index contributed by atoms with van der Waals surface area (Å²) in [6.45, 7) is 3.13. The van der Waals surface area contributed by atoms with E-state index in [2.05, 4.69) is 9.97 Å². The molecule has 2 amide bonds. The van der Waals surface area contributed by atoms with Gasteiger partial charge in [-0.3, -0.25) is 14.5 Å². The van der Waals surface area contributed by atoms with Gasteiger partial charge in [-0.05, 0) is 68.7 Å². The lowest BCUT2D eigenvalue weighted by Gasteiger charge is -2.39. The molecule has 0 saturated carbocycles. The van der Waals surface area contributed by atoms with Gasteiger partial charge in [0, 0.05) is 34.6 Å². The van der Waals surface area contributed by atoms with Gasteiger partial charge in [-0.15, -0.1) is 0 Å². The summed E-state index contributed by atoms with van der Waals surface area (Å²) in [6.07, 6.45) is 3.01. The van der Waals surface area contributed by atoms with Crippen LogP contribution in [0.5, 0.6) is 0 Å². The summed E-state index contributed by atoms with van der Waals surface area (Å²) in [5.41, 5.74) is 0.216. The smallest absolute Gasteiger partial charge is 0.261 e. The second kappa shape index (κ2) is 7.46. The third-order valence-corrected chi connectivity index (χ3v) is 6.62. The Hall–Kier alpha value is -2.70. The molecule has 1 aromatic carbocycles. The molecule has 3 aromatic rings. The van der Waals surface area contributed by atoms with Crippen LogP contribution in [-0.2, 0) is 10.3 Å². The summed E-state index contributed by atoms with van der Waals surface area (Å²) in [6, 6.07) is 12.1. The Morgan fingerprint density at radius 3 is 2.52 bits per heavy atom. The van der Waals surface area contributed by atoms with Crippen LogP contribution < -0.4 is 4.90 Å². The fourth-order valence-corrected chi connectivity index (χ4v) is 4.90. The second-order valence-electron chi connectivity index (χ2n) is 8.11. The fraction of sp³-hybridized carbons (Fsp3) is 0.304. The lowest BCUT2D eigenvalue weighted by Crippen LogP contribution is -2.55. The molecule has 0 bridgehead atoms. The number of hydrogen-bond donors (Lipinski definition) is 0. The van der Waals surface area contributed by atoms with Gasteiger partial charge in [-0.2, -0.15) is 0 Å². The molecule has 2 aliphatic heterocycles. The maximum absolute atomic E-state index is 13.9.